The first-order valence-electron chi connectivity index (χ1n) is 5.35. The SMILES string of the molecule is CCn1ccc(-c2ccc(N)c(NC)c2)n1. The molecule has 3 N–H and O–H groups in total. The van der Waals surface area contributed by atoms with Gasteiger partial charge in [-0.2, -0.15) is 5.10 Å². The summed E-state index contributed by atoms with van der Waals surface area (Å²) in [6.45, 7) is 2.95. The van der Waals surface area contributed by atoms with Crippen molar-refractivity contribution in [2.24, 2.45) is 0 Å². The number of nitrogen functional groups attached to an aromatic ring is 1. The van der Waals surface area contributed by atoms with E-state index in [4.69, 9.17) is 5.73 Å². The average Bonchev–Trinajstić information content (AvgIpc) is 2.78. The third-order valence-corrected chi connectivity index (χ3v) is 2.58. The molecule has 0 aliphatic heterocycles. The lowest BCUT2D eigenvalue weighted by Crippen LogP contribution is -1.97. The van der Waals surface area contributed by atoms with Crippen LogP contribution in [0.15, 0.2) is 30.5 Å². The van der Waals surface area contributed by atoms with Gasteiger partial charge in [-0.1, -0.05) is 6.07 Å². The maximum absolute atomic E-state index is 5.82. The minimum atomic E-state index is 0.751. The van der Waals surface area contributed by atoms with Gasteiger partial charge in [0.05, 0.1) is 17.1 Å². The van der Waals surface area contributed by atoms with Gasteiger partial charge in [-0.3, -0.25) is 4.68 Å². The Bertz CT molecular complexity index is 488. The molecule has 4 heteroatoms. The van der Waals surface area contributed by atoms with Crippen LogP contribution in [0.3, 0.4) is 0 Å². The monoisotopic (exact) mass is 216 g/mol. The Kier molecular flexibility index (Phi) is 2.81. The summed E-state index contributed by atoms with van der Waals surface area (Å²) in [7, 11) is 1.86. The number of nitrogens with two attached hydrogens (primary N) is 1. The van der Waals surface area contributed by atoms with Gasteiger partial charge in [-0.25, -0.2) is 0 Å². The highest BCUT2D eigenvalue weighted by molar-refractivity contribution is 5.74. The topological polar surface area (TPSA) is 55.9 Å². The third kappa shape index (κ3) is 1.86. The molecule has 0 saturated heterocycles. The minimum Gasteiger partial charge on any atom is -0.397 e. The lowest BCUT2D eigenvalue weighted by Gasteiger charge is -2.06. The van der Waals surface area contributed by atoms with Crippen molar-refractivity contribution in [1.82, 2.24) is 9.78 Å². The molecule has 2 aromatic rings. The Morgan fingerprint density at radius 3 is 2.81 bits per heavy atom. The molecule has 1 aromatic carbocycles. The van der Waals surface area contributed by atoms with Crippen molar-refractivity contribution in [3.05, 3.63) is 30.5 Å². The smallest absolute Gasteiger partial charge is 0.0923 e. The summed E-state index contributed by atoms with van der Waals surface area (Å²) >= 11 is 0. The van der Waals surface area contributed by atoms with Gasteiger partial charge in [-0.15, -0.1) is 0 Å². The zero-order valence-electron chi connectivity index (χ0n) is 9.57. The van der Waals surface area contributed by atoms with Crippen LogP contribution >= 0.6 is 0 Å². The Balaban J connectivity index is 2.40. The van der Waals surface area contributed by atoms with Gasteiger partial charge in [0.15, 0.2) is 0 Å². The summed E-state index contributed by atoms with van der Waals surface area (Å²) in [6.07, 6.45) is 1.98. The fourth-order valence-corrected chi connectivity index (χ4v) is 1.62. The zero-order valence-corrected chi connectivity index (χ0v) is 9.57. The van der Waals surface area contributed by atoms with E-state index in [0.717, 1.165) is 29.2 Å². The van der Waals surface area contributed by atoms with E-state index >= 15 is 0 Å². The summed E-state index contributed by atoms with van der Waals surface area (Å²) in [6, 6.07) is 7.90. The van der Waals surface area contributed by atoms with Crippen LogP contribution in [0.5, 0.6) is 0 Å². The molecule has 1 heterocycles. The molecule has 0 amide bonds. The molecule has 0 bridgehead atoms. The van der Waals surface area contributed by atoms with E-state index in [9.17, 15) is 0 Å². The van der Waals surface area contributed by atoms with Crippen LogP contribution < -0.4 is 11.1 Å². The van der Waals surface area contributed by atoms with Crippen LogP contribution in [0.1, 0.15) is 6.92 Å². The van der Waals surface area contributed by atoms with E-state index in [1.165, 1.54) is 0 Å². The maximum Gasteiger partial charge on any atom is 0.0923 e. The summed E-state index contributed by atoms with van der Waals surface area (Å²) in [4.78, 5) is 0. The lowest BCUT2D eigenvalue weighted by atomic mass is 10.1. The molecule has 2 rings (SSSR count). The van der Waals surface area contributed by atoms with E-state index in [2.05, 4.69) is 17.3 Å². The average molecular weight is 216 g/mol. The Hall–Kier alpha value is -1.97. The lowest BCUT2D eigenvalue weighted by molar-refractivity contribution is 0.662. The summed E-state index contributed by atoms with van der Waals surface area (Å²) in [5.74, 6) is 0. The number of aromatic nitrogens is 2. The fourth-order valence-electron chi connectivity index (χ4n) is 1.62. The van der Waals surface area contributed by atoms with Crippen LogP contribution in [0.25, 0.3) is 11.3 Å². The van der Waals surface area contributed by atoms with Crippen LogP contribution in [-0.4, -0.2) is 16.8 Å². The van der Waals surface area contributed by atoms with E-state index in [-0.39, 0.29) is 0 Å². The molecule has 0 unspecified atom stereocenters. The number of nitrogens with one attached hydrogen (secondary N) is 1. The number of nitrogens with zero attached hydrogens (tertiary/aromatic N) is 2. The molecule has 0 fully saturated rings. The number of rotatable bonds is 3. The van der Waals surface area contributed by atoms with Gasteiger partial charge in [0.25, 0.3) is 0 Å². The molecular formula is C12H16N4. The standard InChI is InChI=1S/C12H16N4/c1-3-16-7-6-11(15-16)9-4-5-10(13)12(8-9)14-2/h4-8,14H,3,13H2,1-2H3. The predicted octanol–water partition coefficient (Wildman–Crippen LogP) is 2.19. The predicted molar refractivity (Wildman–Crippen MR) is 67.3 cm³/mol. The van der Waals surface area contributed by atoms with Gasteiger partial charge < -0.3 is 11.1 Å². The van der Waals surface area contributed by atoms with Gasteiger partial charge in [0, 0.05) is 25.4 Å². The summed E-state index contributed by atoms with van der Waals surface area (Å²) in [5.41, 5.74) is 9.55. The van der Waals surface area contributed by atoms with Crippen LogP contribution in [0.2, 0.25) is 0 Å². The van der Waals surface area contributed by atoms with E-state index in [0.29, 0.717) is 0 Å². The van der Waals surface area contributed by atoms with Crippen molar-refractivity contribution in [3.63, 3.8) is 0 Å². The second-order valence-electron chi connectivity index (χ2n) is 3.61. The quantitative estimate of drug-likeness (QED) is 0.773. The van der Waals surface area contributed by atoms with Gasteiger partial charge >= 0.3 is 0 Å². The minimum absolute atomic E-state index is 0.751. The molecule has 4 nitrogen and oxygen atoms in total. The number of aryl methyl sites for hydroxylation is 1. The Morgan fingerprint density at radius 1 is 1.38 bits per heavy atom. The Morgan fingerprint density at radius 2 is 2.19 bits per heavy atom. The highest BCUT2D eigenvalue weighted by atomic mass is 15.3. The molecular weight excluding hydrogens is 200 g/mol. The normalized spacial score (nSPS) is 10.4. The zero-order chi connectivity index (χ0) is 11.5. The van der Waals surface area contributed by atoms with Gasteiger partial charge in [0.2, 0.25) is 0 Å². The molecule has 0 aliphatic rings. The van der Waals surface area contributed by atoms with Crippen molar-refractivity contribution in [2.75, 3.05) is 18.1 Å². The Labute approximate surface area is 95.1 Å². The molecule has 84 valence electrons. The van der Waals surface area contributed by atoms with Crippen molar-refractivity contribution in [3.8, 4) is 11.3 Å². The second-order valence-corrected chi connectivity index (χ2v) is 3.61. The van der Waals surface area contributed by atoms with Gasteiger partial charge in [0.1, 0.15) is 0 Å². The molecule has 0 aliphatic carbocycles. The van der Waals surface area contributed by atoms with Crippen LogP contribution in [0.4, 0.5) is 11.4 Å². The highest BCUT2D eigenvalue weighted by Gasteiger charge is 2.04. The largest absolute Gasteiger partial charge is 0.397 e. The van der Waals surface area contributed by atoms with Crippen molar-refractivity contribution >= 4 is 11.4 Å². The molecule has 0 radical (unpaired) electrons. The number of anilines is 2. The number of hydrogen-bond donors (Lipinski definition) is 2. The summed E-state index contributed by atoms with van der Waals surface area (Å²) in [5, 5.41) is 7.52. The maximum atomic E-state index is 5.82. The van der Waals surface area contributed by atoms with Gasteiger partial charge in [-0.05, 0) is 25.1 Å². The third-order valence-electron chi connectivity index (χ3n) is 2.58. The van der Waals surface area contributed by atoms with E-state index in [1.54, 1.807) is 0 Å². The van der Waals surface area contributed by atoms with Crippen LogP contribution in [-0.2, 0) is 6.54 Å². The number of hydrogen-bond acceptors (Lipinski definition) is 3. The summed E-state index contributed by atoms with van der Waals surface area (Å²) < 4.78 is 1.91. The second kappa shape index (κ2) is 4.26. The first kappa shape index (κ1) is 10.5. The van der Waals surface area contributed by atoms with Crippen molar-refractivity contribution in [1.29, 1.82) is 0 Å². The van der Waals surface area contributed by atoms with Crippen LogP contribution in [0, 0.1) is 0 Å². The number of benzene rings is 1. The van der Waals surface area contributed by atoms with E-state index in [1.807, 2.05) is 42.2 Å². The first-order valence-corrected chi connectivity index (χ1v) is 5.35. The molecule has 16 heavy (non-hydrogen) atoms. The first-order chi connectivity index (χ1) is 7.74. The van der Waals surface area contributed by atoms with Crippen molar-refractivity contribution < 1.29 is 0 Å². The highest BCUT2D eigenvalue weighted by Crippen LogP contribution is 2.25. The van der Waals surface area contributed by atoms with E-state index < -0.39 is 0 Å². The molecule has 0 saturated carbocycles. The molecule has 1 aromatic heterocycles. The van der Waals surface area contributed by atoms with Crippen molar-refractivity contribution in [2.45, 2.75) is 13.5 Å². The fraction of sp³-hybridized carbons (Fsp3) is 0.250. The molecule has 0 spiro atoms. The molecule has 0 atom stereocenters.